The molecular weight excluding hydrogens is 512 g/mol. The zero-order valence-corrected chi connectivity index (χ0v) is 24.2. The van der Waals surface area contributed by atoms with E-state index in [9.17, 15) is 5.26 Å². The fourth-order valence-corrected chi connectivity index (χ4v) is 7.79. The molecule has 1 aromatic heterocycles. The Labute approximate surface area is 248 Å². The van der Waals surface area contributed by atoms with Crippen LogP contribution >= 0.6 is 0 Å². The number of benzene rings is 3. The third-order valence-electron chi connectivity index (χ3n) is 9.60. The molecule has 0 bridgehead atoms. The van der Waals surface area contributed by atoms with Gasteiger partial charge in [0, 0.05) is 42.9 Å². The number of pyridine rings is 1. The Morgan fingerprint density at radius 1 is 0.619 bits per heavy atom. The van der Waals surface area contributed by atoms with E-state index in [2.05, 4.69) is 70.5 Å². The second-order valence-electron chi connectivity index (χ2n) is 12.4. The lowest BCUT2D eigenvalue weighted by molar-refractivity contribution is 0.634. The summed E-state index contributed by atoms with van der Waals surface area (Å²) in [5.41, 5.74) is 15.1. The fourth-order valence-electron chi connectivity index (χ4n) is 7.79. The third kappa shape index (κ3) is 4.58. The van der Waals surface area contributed by atoms with E-state index in [0.717, 1.165) is 22.2 Å². The molecule has 0 aliphatic carbocycles. The number of aromatic nitrogens is 1. The van der Waals surface area contributed by atoms with E-state index >= 15 is 0 Å². The van der Waals surface area contributed by atoms with Crippen LogP contribution < -0.4 is 9.80 Å². The Morgan fingerprint density at radius 3 is 1.67 bits per heavy atom. The molecule has 0 saturated carbocycles. The lowest BCUT2D eigenvalue weighted by Crippen LogP contribution is -2.34. The van der Waals surface area contributed by atoms with Crippen LogP contribution in [0.5, 0.6) is 0 Å². The fraction of sp³-hybridized carbons (Fsp3) is 0.316. The largest absolute Gasteiger partial charge is 0.371 e. The van der Waals surface area contributed by atoms with Crippen LogP contribution in [0.15, 0.2) is 48.5 Å². The minimum absolute atomic E-state index is 0.641. The minimum Gasteiger partial charge on any atom is -0.371 e. The van der Waals surface area contributed by atoms with Gasteiger partial charge >= 0.3 is 0 Å². The molecule has 0 radical (unpaired) electrons. The maximum Gasteiger partial charge on any atom is 0.0992 e. The molecule has 208 valence electrons. The summed E-state index contributed by atoms with van der Waals surface area (Å²) in [6.07, 6.45) is 18.5. The summed E-state index contributed by atoms with van der Waals surface area (Å²) in [7, 11) is 0. The van der Waals surface area contributed by atoms with E-state index in [1.807, 2.05) is 18.2 Å². The van der Waals surface area contributed by atoms with Gasteiger partial charge in [-0.25, -0.2) is 4.98 Å². The van der Waals surface area contributed by atoms with Crippen molar-refractivity contribution in [1.82, 2.24) is 4.98 Å². The number of nitriles is 1. The molecule has 8 rings (SSSR count). The maximum absolute atomic E-state index is 9.57. The topological polar surface area (TPSA) is 43.2 Å². The third-order valence-corrected chi connectivity index (χ3v) is 9.60. The quantitative estimate of drug-likeness (QED) is 0.261. The summed E-state index contributed by atoms with van der Waals surface area (Å²) in [6.45, 7) is 4.79. The molecular formula is C38H36N4. The van der Waals surface area contributed by atoms with Gasteiger partial charge in [-0.15, -0.1) is 0 Å². The molecule has 0 amide bonds. The first-order chi connectivity index (χ1) is 20.7. The molecule has 4 aromatic rings. The lowest BCUT2D eigenvalue weighted by Gasteiger charge is -2.37. The van der Waals surface area contributed by atoms with Gasteiger partial charge in [0.1, 0.15) is 0 Å². The molecule has 0 unspecified atom stereocenters. The van der Waals surface area contributed by atoms with Crippen molar-refractivity contribution in [2.75, 3.05) is 36.0 Å². The van der Waals surface area contributed by atoms with Gasteiger partial charge in [-0.2, -0.15) is 5.26 Å². The molecule has 4 heteroatoms. The van der Waals surface area contributed by atoms with Crippen LogP contribution in [-0.2, 0) is 25.7 Å². The zero-order chi connectivity index (χ0) is 28.0. The van der Waals surface area contributed by atoms with E-state index in [1.54, 1.807) is 0 Å². The first-order valence-electron chi connectivity index (χ1n) is 15.7. The van der Waals surface area contributed by atoms with Crippen molar-refractivity contribution < 1.29 is 0 Å². The Balaban J connectivity index is 1.16. The summed E-state index contributed by atoms with van der Waals surface area (Å²) in [5.74, 6) is 0. The molecule has 4 nitrogen and oxygen atoms in total. The van der Waals surface area contributed by atoms with Gasteiger partial charge in [0.15, 0.2) is 0 Å². The highest BCUT2D eigenvalue weighted by atomic mass is 15.1. The number of aryl methyl sites for hydroxylation is 4. The molecule has 0 spiro atoms. The summed E-state index contributed by atoms with van der Waals surface area (Å²) in [4.78, 5) is 10.2. The predicted octanol–water partition coefficient (Wildman–Crippen LogP) is 7.84. The van der Waals surface area contributed by atoms with Crippen LogP contribution in [0.2, 0.25) is 0 Å². The van der Waals surface area contributed by atoms with E-state index in [0.29, 0.717) is 5.56 Å². The minimum atomic E-state index is 0.641. The van der Waals surface area contributed by atoms with Crippen LogP contribution in [0.4, 0.5) is 11.4 Å². The van der Waals surface area contributed by atoms with Gasteiger partial charge in [-0.1, -0.05) is 24.3 Å². The Hall–Kier alpha value is -4.36. The van der Waals surface area contributed by atoms with E-state index in [4.69, 9.17) is 4.98 Å². The number of fused-ring (bicyclic) bond motifs is 1. The first kappa shape index (κ1) is 25.4. The Morgan fingerprint density at radius 2 is 1.14 bits per heavy atom. The SMILES string of the molecule is N#Cc1ccc2c(/C=C/c3cc4c5c(c3)CCCN5CCC4)cc(/C=C/c3cc4c5c(c3)CCCN5CCC4)nc2c1. The van der Waals surface area contributed by atoms with Crippen molar-refractivity contribution in [1.29, 1.82) is 5.26 Å². The van der Waals surface area contributed by atoms with Crippen LogP contribution in [0.3, 0.4) is 0 Å². The molecule has 42 heavy (non-hydrogen) atoms. The van der Waals surface area contributed by atoms with Crippen LogP contribution in [-0.4, -0.2) is 31.2 Å². The van der Waals surface area contributed by atoms with Crippen molar-refractivity contribution in [3.05, 3.63) is 98.7 Å². The number of hydrogen-bond donors (Lipinski definition) is 0. The second-order valence-corrected chi connectivity index (χ2v) is 12.4. The average Bonchev–Trinajstić information content (AvgIpc) is 3.03. The highest BCUT2D eigenvalue weighted by Crippen LogP contribution is 2.38. The molecule has 5 heterocycles. The Kier molecular flexibility index (Phi) is 6.33. The summed E-state index contributed by atoms with van der Waals surface area (Å²) >= 11 is 0. The smallest absolute Gasteiger partial charge is 0.0992 e. The molecule has 3 aromatic carbocycles. The summed E-state index contributed by atoms with van der Waals surface area (Å²) in [6, 6.07) is 19.9. The standard InChI is InChI=1S/C38H36N4/c39-25-28-11-14-35-29(12-9-26-19-30-5-1-15-41-16-2-6-31(20-26)37(30)41)24-34(40-36(35)23-28)13-10-27-21-32-7-3-17-42-18-4-8-33(22-27)38(32)42/h9-14,19-24H,1-8,15-18H2/b12-9+,13-10+. The second kappa shape index (κ2) is 10.5. The average molecular weight is 549 g/mol. The van der Waals surface area contributed by atoms with Crippen LogP contribution in [0.25, 0.3) is 35.2 Å². The van der Waals surface area contributed by atoms with Crippen molar-refractivity contribution in [2.24, 2.45) is 0 Å². The highest BCUT2D eigenvalue weighted by Gasteiger charge is 2.25. The Bertz CT molecular complexity index is 1760. The van der Waals surface area contributed by atoms with Gasteiger partial charge in [-0.3, -0.25) is 0 Å². The molecule has 0 saturated heterocycles. The summed E-state index contributed by atoms with van der Waals surface area (Å²) in [5, 5.41) is 10.6. The number of hydrogen-bond acceptors (Lipinski definition) is 4. The van der Waals surface area contributed by atoms with Crippen molar-refractivity contribution in [3.63, 3.8) is 0 Å². The van der Waals surface area contributed by atoms with E-state index in [1.165, 1.54) is 122 Å². The molecule has 0 N–H and O–H groups in total. The van der Waals surface area contributed by atoms with Crippen molar-refractivity contribution >= 4 is 46.6 Å². The number of rotatable bonds is 4. The van der Waals surface area contributed by atoms with Crippen molar-refractivity contribution in [2.45, 2.75) is 51.4 Å². The van der Waals surface area contributed by atoms with Gasteiger partial charge in [0.25, 0.3) is 0 Å². The van der Waals surface area contributed by atoms with E-state index in [-0.39, 0.29) is 0 Å². The molecule has 4 aliphatic heterocycles. The summed E-state index contributed by atoms with van der Waals surface area (Å²) < 4.78 is 0. The van der Waals surface area contributed by atoms with Crippen LogP contribution in [0.1, 0.15) is 75.9 Å². The normalized spacial score (nSPS) is 17.5. The molecule has 0 fully saturated rings. The number of anilines is 2. The molecule has 4 aliphatic rings. The van der Waals surface area contributed by atoms with Gasteiger partial charge < -0.3 is 9.80 Å². The lowest BCUT2D eigenvalue weighted by atomic mass is 9.90. The van der Waals surface area contributed by atoms with Crippen LogP contribution in [0, 0.1) is 11.3 Å². The predicted molar refractivity (Wildman–Crippen MR) is 175 cm³/mol. The van der Waals surface area contributed by atoms with E-state index < -0.39 is 0 Å². The molecule has 0 atom stereocenters. The number of nitrogens with zero attached hydrogens (tertiary/aromatic N) is 4. The van der Waals surface area contributed by atoms with Gasteiger partial charge in [-0.05, 0) is 139 Å². The highest BCUT2D eigenvalue weighted by molar-refractivity contribution is 5.93. The van der Waals surface area contributed by atoms with Crippen molar-refractivity contribution in [3.8, 4) is 6.07 Å². The van der Waals surface area contributed by atoms with Gasteiger partial charge in [0.05, 0.1) is 22.8 Å². The van der Waals surface area contributed by atoms with Gasteiger partial charge in [0.2, 0.25) is 0 Å². The zero-order valence-electron chi connectivity index (χ0n) is 24.2. The monoisotopic (exact) mass is 548 g/mol. The maximum atomic E-state index is 9.57. The first-order valence-corrected chi connectivity index (χ1v) is 15.7.